The molecular weight excluding hydrogens is 447 g/mol. The molecule has 3 heterocycles. The van der Waals surface area contributed by atoms with Gasteiger partial charge in [0.25, 0.3) is 0 Å². The van der Waals surface area contributed by atoms with Gasteiger partial charge in [-0.15, -0.1) is 0 Å². The summed E-state index contributed by atoms with van der Waals surface area (Å²) in [5.41, 5.74) is 2.24. The quantitative estimate of drug-likeness (QED) is 0.578. The molecule has 5 aliphatic rings. The van der Waals surface area contributed by atoms with Crippen LogP contribution in [0.15, 0.2) is 12.3 Å². The van der Waals surface area contributed by atoms with E-state index in [2.05, 4.69) is 46.4 Å². The molecule has 1 N–H and O–H groups in total. The van der Waals surface area contributed by atoms with Gasteiger partial charge in [-0.2, -0.15) is 30.0 Å². The van der Waals surface area contributed by atoms with Gasteiger partial charge in [0.05, 0.1) is 6.10 Å². The molecule has 0 aromatic carbocycles. The molecule has 1 aromatic rings. The van der Waals surface area contributed by atoms with Crippen LogP contribution in [0.3, 0.4) is 0 Å². The van der Waals surface area contributed by atoms with E-state index in [-0.39, 0.29) is 6.10 Å². The largest absolute Gasteiger partial charge is 0.393 e. The van der Waals surface area contributed by atoms with Crippen LogP contribution < -0.4 is 0 Å². The minimum absolute atomic E-state index is 0.0359. The van der Waals surface area contributed by atoms with Crippen LogP contribution in [-0.2, 0) is 0 Å². The van der Waals surface area contributed by atoms with E-state index in [0.717, 1.165) is 42.1 Å². The maximum atomic E-state index is 9.67. The number of halogens is 3. The van der Waals surface area contributed by atoms with Gasteiger partial charge in [0.15, 0.2) is 0 Å². The van der Waals surface area contributed by atoms with Gasteiger partial charge in [-0.1, -0.05) is 19.3 Å². The Hall–Kier alpha value is -0.730. The number of rotatable bonds is 3. The molecule has 5 fully saturated rings. The molecule has 2 saturated heterocycles. The molecule has 0 bridgehead atoms. The fourth-order valence-corrected chi connectivity index (χ4v) is 7.81. The number of likely N-dealkylation sites (tertiary alicyclic amines) is 1. The van der Waals surface area contributed by atoms with E-state index in [1.807, 2.05) is 6.20 Å². The molecule has 4 atom stereocenters. The Kier molecular flexibility index (Phi) is 8.38. The average Bonchev–Trinajstić information content (AvgIpc) is 3.24. The summed E-state index contributed by atoms with van der Waals surface area (Å²) in [5, 5.41) is 13.5. The van der Waals surface area contributed by atoms with Gasteiger partial charge in [0.2, 0.25) is 0 Å². The van der Waals surface area contributed by atoms with Gasteiger partial charge in [0, 0.05) is 53.4 Å². The van der Waals surface area contributed by atoms with Crippen LogP contribution in [0.2, 0.25) is 0 Å². The normalized spacial score (nSPS) is 32.7. The Balaban J connectivity index is 0.000000197. The third-order valence-corrected chi connectivity index (χ3v) is 9.96. The van der Waals surface area contributed by atoms with Gasteiger partial charge in [0.1, 0.15) is 0 Å². The number of aromatic nitrogens is 2. The summed E-state index contributed by atoms with van der Waals surface area (Å²) in [6.45, 7) is 3.60. The Bertz CT molecular complexity index is 736. The molecule has 0 amide bonds. The number of nitrogens with zero attached hydrogens (tertiary/aromatic N) is 3. The van der Waals surface area contributed by atoms with Crippen molar-refractivity contribution in [2.45, 2.75) is 96.0 Å². The van der Waals surface area contributed by atoms with E-state index >= 15 is 0 Å². The number of fused-ring (bicyclic) bond motifs is 1. The van der Waals surface area contributed by atoms with Crippen molar-refractivity contribution in [3.63, 3.8) is 0 Å². The van der Waals surface area contributed by atoms with E-state index in [1.54, 1.807) is 0 Å². The summed E-state index contributed by atoms with van der Waals surface area (Å²) in [4.78, 5) is 2.85. The summed E-state index contributed by atoms with van der Waals surface area (Å²) in [7, 11) is 0. The summed E-state index contributed by atoms with van der Waals surface area (Å²) in [6, 6.07) is 3.66. The van der Waals surface area contributed by atoms with E-state index in [4.69, 9.17) is 5.11 Å². The lowest BCUT2D eigenvalue weighted by molar-refractivity contribution is 0.00819. The second kappa shape index (κ2) is 10.9. The van der Waals surface area contributed by atoms with Gasteiger partial charge in [-0.3, -0.25) is 9.58 Å². The molecular formula is C25H40F3N3OS. The number of thioether (sulfide) groups is 1. The number of alkyl halides is 3. The van der Waals surface area contributed by atoms with Gasteiger partial charge < -0.3 is 5.11 Å². The van der Waals surface area contributed by atoms with Crippen molar-refractivity contribution in [3.05, 3.63) is 18.0 Å². The predicted molar refractivity (Wildman–Crippen MR) is 128 cm³/mol. The van der Waals surface area contributed by atoms with Crippen LogP contribution in [0.25, 0.3) is 0 Å². The lowest BCUT2D eigenvalue weighted by atomic mass is 9.91. The molecule has 4 nitrogen and oxygen atoms in total. The molecule has 6 rings (SSSR count). The first kappa shape index (κ1) is 25.4. The Morgan fingerprint density at radius 2 is 1.73 bits per heavy atom. The van der Waals surface area contributed by atoms with Crippen LogP contribution in [0.4, 0.5) is 13.2 Å². The zero-order chi connectivity index (χ0) is 23.6. The van der Waals surface area contributed by atoms with Crippen LogP contribution in [0.1, 0.15) is 82.9 Å². The smallest absolute Gasteiger partial charge is 0.379 e. The molecule has 3 saturated carbocycles. The summed E-state index contributed by atoms with van der Waals surface area (Å²) in [5.74, 6) is 5.58. The van der Waals surface area contributed by atoms with Crippen molar-refractivity contribution in [1.29, 1.82) is 0 Å². The molecule has 3 unspecified atom stereocenters. The number of aliphatic hydroxyl groups is 1. The standard InChI is InChI=1S/C18H27N3S.C6H12O.CHF3/c1-12(2)21-16(3-5-19-21)17-14-7-13(8-15(14)17)20-6-4-18(9-20)10-22-11-18;7-6-4-2-1-3-5-6;2-1(3)4/h3,5,12-15,17H,4,6-11H2,1-2H3;6-7H,1-5H2;1H/t13?,14-,15?,17?;;/m0../s1. The first-order chi connectivity index (χ1) is 15.8. The lowest BCUT2D eigenvalue weighted by Gasteiger charge is -2.38. The minimum Gasteiger partial charge on any atom is -0.393 e. The second-order valence-electron chi connectivity index (χ2n) is 11.0. The van der Waals surface area contributed by atoms with E-state index in [0.29, 0.717) is 6.04 Å². The Morgan fingerprint density at radius 3 is 2.18 bits per heavy atom. The van der Waals surface area contributed by atoms with Crippen LogP contribution in [-0.4, -0.2) is 63.2 Å². The SMILES string of the molecule is CC(C)n1nccc1C1C2CC(N3CCC4(CSC4)C3)C[C@@H]21.FC(F)F.OC1CCCCC1. The first-order valence-corrected chi connectivity index (χ1v) is 13.9. The van der Waals surface area contributed by atoms with Crippen molar-refractivity contribution in [2.75, 3.05) is 24.6 Å². The Labute approximate surface area is 200 Å². The minimum atomic E-state index is -3.67. The first-order valence-electron chi connectivity index (χ1n) is 12.7. The maximum absolute atomic E-state index is 9.67. The van der Waals surface area contributed by atoms with Gasteiger partial charge in [-0.05, 0) is 70.4 Å². The number of aliphatic hydroxyl groups excluding tert-OH is 1. The highest BCUT2D eigenvalue weighted by Gasteiger charge is 2.59. The van der Waals surface area contributed by atoms with Gasteiger partial charge in [-0.25, -0.2) is 0 Å². The molecule has 3 aliphatic carbocycles. The molecule has 1 aromatic heterocycles. The fourth-order valence-electron chi connectivity index (χ4n) is 6.56. The van der Waals surface area contributed by atoms with Crippen LogP contribution >= 0.6 is 11.8 Å². The third kappa shape index (κ3) is 6.10. The highest BCUT2D eigenvalue weighted by Crippen LogP contribution is 2.64. The third-order valence-electron chi connectivity index (χ3n) is 8.33. The average molecular weight is 488 g/mol. The second-order valence-corrected chi connectivity index (χ2v) is 12.0. The summed E-state index contributed by atoms with van der Waals surface area (Å²) >= 11 is 2.15. The molecule has 1 spiro atoms. The zero-order valence-corrected chi connectivity index (χ0v) is 20.8. The van der Waals surface area contributed by atoms with Crippen molar-refractivity contribution < 1.29 is 18.3 Å². The monoisotopic (exact) mass is 487 g/mol. The number of hydrogen-bond donors (Lipinski definition) is 1. The highest BCUT2D eigenvalue weighted by atomic mass is 32.2. The molecule has 33 heavy (non-hydrogen) atoms. The predicted octanol–water partition coefficient (Wildman–Crippen LogP) is 5.88. The summed E-state index contributed by atoms with van der Waals surface area (Å²) in [6.07, 6.45) is 12.3. The van der Waals surface area contributed by atoms with Crippen LogP contribution in [0.5, 0.6) is 0 Å². The van der Waals surface area contributed by atoms with E-state index in [1.165, 1.54) is 68.8 Å². The maximum Gasteiger partial charge on any atom is 0.379 e. The molecule has 2 aliphatic heterocycles. The lowest BCUT2D eigenvalue weighted by Crippen LogP contribution is -2.41. The Morgan fingerprint density at radius 1 is 1.09 bits per heavy atom. The highest BCUT2D eigenvalue weighted by molar-refractivity contribution is 8.00. The van der Waals surface area contributed by atoms with Crippen molar-refractivity contribution >= 4 is 11.8 Å². The van der Waals surface area contributed by atoms with Crippen molar-refractivity contribution in [1.82, 2.24) is 14.7 Å². The van der Waals surface area contributed by atoms with Crippen LogP contribution in [0, 0.1) is 17.3 Å². The molecule has 0 radical (unpaired) electrons. The van der Waals surface area contributed by atoms with Crippen molar-refractivity contribution in [2.24, 2.45) is 17.3 Å². The summed E-state index contributed by atoms with van der Waals surface area (Å²) < 4.78 is 31.3. The van der Waals surface area contributed by atoms with E-state index < -0.39 is 6.68 Å². The van der Waals surface area contributed by atoms with Crippen molar-refractivity contribution in [3.8, 4) is 0 Å². The zero-order valence-electron chi connectivity index (χ0n) is 20.0. The molecule has 188 valence electrons. The van der Waals surface area contributed by atoms with Gasteiger partial charge >= 0.3 is 6.68 Å². The fraction of sp³-hybridized carbons (Fsp3) is 0.880. The van der Waals surface area contributed by atoms with E-state index in [9.17, 15) is 13.2 Å². The number of hydrogen-bond acceptors (Lipinski definition) is 4. The molecule has 8 heteroatoms. The topological polar surface area (TPSA) is 41.3 Å².